The molecule has 0 radical (unpaired) electrons. The summed E-state index contributed by atoms with van der Waals surface area (Å²) in [7, 11) is 4.04. The Kier molecular flexibility index (Phi) is 6.39. The van der Waals surface area contributed by atoms with Gasteiger partial charge in [0.1, 0.15) is 29.9 Å². The molecule has 0 spiro atoms. The topological polar surface area (TPSA) is 145 Å². The molecule has 1 saturated heterocycles. The number of nitrogens with one attached hydrogen (secondary N) is 1. The molecule has 2 aliphatic rings. The van der Waals surface area contributed by atoms with E-state index in [0.29, 0.717) is 11.3 Å². The lowest BCUT2D eigenvalue weighted by atomic mass is 10.0. The fourth-order valence-corrected chi connectivity index (χ4v) is 4.83. The molecule has 2 amide bonds. The highest BCUT2D eigenvalue weighted by atomic mass is 32.2. The number of rotatable bonds is 7. The summed E-state index contributed by atoms with van der Waals surface area (Å²) in [5, 5.41) is 7.72. The largest absolute Gasteiger partial charge is 0.464 e. The lowest BCUT2D eigenvalue weighted by Gasteiger charge is -2.49. The van der Waals surface area contributed by atoms with Crippen molar-refractivity contribution in [3.05, 3.63) is 22.3 Å². The van der Waals surface area contributed by atoms with Gasteiger partial charge in [-0.15, -0.1) is 23.1 Å². The summed E-state index contributed by atoms with van der Waals surface area (Å²) in [6.45, 7) is 0.195. The molecule has 2 aliphatic heterocycles. The third-order valence-electron chi connectivity index (χ3n) is 4.19. The Morgan fingerprint density at radius 2 is 2.17 bits per heavy atom. The van der Waals surface area contributed by atoms with Gasteiger partial charge in [-0.1, -0.05) is 5.16 Å². The van der Waals surface area contributed by atoms with E-state index < -0.39 is 29.2 Å². The van der Waals surface area contributed by atoms with Crippen LogP contribution in [-0.4, -0.2) is 78.5 Å². The molecule has 1 fully saturated rings. The first kappa shape index (κ1) is 21.1. The number of nitrogens with zero attached hydrogens (tertiary/aromatic N) is 3. The first-order valence-electron chi connectivity index (χ1n) is 8.30. The van der Waals surface area contributed by atoms with Crippen molar-refractivity contribution in [3.8, 4) is 0 Å². The van der Waals surface area contributed by atoms with Crippen molar-refractivity contribution in [2.24, 2.45) is 5.16 Å². The first-order valence-corrected chi connectivity index (χ1v) is 10.2. The third-order valence-corrected chi connectivity index (χ3v) is 6.21. The number of methoxy groups -OCH3 is 2. The van der Waals surface area contributed by atoms with Gasteiger partial charge in [0, 0.05) is 18.2 Å². The first-order chi connectivity index (χ1) is 13.9. The van der Waals surface area contributed by atoms with Gasteiger partial charge in [0.15, 0.2) is 10.8 Å². The van der Waals surface area contributed by atoms with Crippen LogP contribution in [0.15, 0.2) is 21.8 Å². The van der Waals surface area contributed by atoms with Crippen LogP contribution in [0.25, 0.3) is 0 Å². The number of esters is 1. The van der Waals surface area contributed by atoms with Crippen molar-refractivity contribution < 1.29 is 28.7 Å². The van der Waals surface area contributed by atoms with Gasteiger partial charge in [-0.05, 0) is 5.57 Å². The number of oxime groups is 1. The van der Waals surface area contributed by atoms with Gasteiger partial charge in [-0.3, -0.25) is 14.5 Å². The summed E-state index contributed by atoms with van der Waals surface area (Å²) in [4.78, 5) is 47.7. The summed E-state index contributed by atoms with van der Waals surface area (Å²) in [6.07, 6.45) is 0. The fraction of sp³-hybridized carbons (Fsp3) is 0.438. The Hall–Kier alpha value is -2.64. The maximum absolute atomic E-state index is 12.7. The molecule has 1 unspecified atom stereocenters. The Morgan fingerprint density at radius 1 is 1.41 bits per heavy atom. The number of thiazole rings is 1. The molecule has 0 bridgehead atoms. The number of β-lactam (4-membered cyclic amide) rings is 1. The van der Waals surface area contributed by atoms with Crippen molar-refractivity contribution >= 4 is 51.7 Å². The molecule has 0 aromatic carbocycles. The molecular weight excluding hydrogens is 422 g/mol. The predicted molar refractivity (Wildman–Crippen MR) is 106 cm³/mol. The number of fused-ring (bicyclic) bond motifs is 1. The zero-order valence-corrected chi connectivity index (χ0v) is 17.5. The molecule has 13 heteroatoms. The van der Waals surface area contributed by atoms with Gasteiger partial charge < -0.3 is 25.4 Å². The van der Waals surface area contributed by atoms with Crippen LogP contribution < -0.4 is 11.1 Å². The van der Waals surface area contributed by atoms with Crippen LogP contribution in [0.3, 0.4) is 0 Å². The van der Waals surface area contributed by atoms with E-state index in [1.54, 1.807) is 5.38 Å². The van der Waals surface area contributed by atoms with E-state index >= 15 is 0 Å². The number of nitrogens with two attached hydrogens (primary N) is 1. The van der Waals surface area contributed by atoms with Gasteiger partial charge in [0.2, 0.25) is 0 Å². The summed E-state index contributed by atoms with van der Waals surface area (Å²) in [6, 6.07) is -0.839. The SMILES string of the molecule is COCC1=C(C(=O)OC)N2C(=O)C(NC(=O)/C(=N\OC)c3csc(N)n3)[C@H]2SC1. The third kappa shape index (κ3) is 3.93. The molecule has 3 N–H and O–H groups in total. The van der Waals surface area contributed by atoms with E-state index in [0.717, 1.165) is 11.3 Å². The lowest BCUT2D eigenvalue weighted by molar-refractivity contribution is -0.151. The van der Waals surface area contributed by atoms with Crippen LogP contribution in [0.1, 0.15) is 5.69 Å². The normalized spacial score (nSPS) is 21.4. The van der Waals surface area contributed by atoms with Crippen LogP contribution >= 0.6 is 23.1 Å². The van der Waals surface area contributed by atoms with Crippen molar-refractivity contribution in [1.29, 1.82) is 0 Å². The van der Waals surface area contributed by atoms with Crippen molar-refractivity contribution in [2.75, 3.05) is 39.4 Å². The van der Waals surface area contributed by atoms with Gasteiger partial charge in [0.05, 0.1) is 13.7 Å². The zero-order chi connectivity index (χ0) is 21.1. The number of carbonyl (C=O) groups excluding carboxylic acids is 3. The molecule has 156 valence electrons. The quantitative estimate of drug-likeness (QED) is 0.249. The minimum atomic E-state index is -0.839. The summed E-state index contributed by atoms with van der Waals surface area (Å²) < 4.78 is 9.93. The van der Waals surface area contributed by atoms with E-state index in [2.05, 4.69) is 15.5 Å². The van der Waals surface area contributed by atoms with Crippen LogP contribution in [0.2, 0.25) is 0 Å². The van der Waals surface area contributed by atoms with E-state index in [9.17, 15) is 14.4 Å². The summed E-state index contributed by atoms with van der Waals surface area (Å²) in [5.41, 5.74) is 6.56. The summed E-state index contributed by atoms with van der Waals surface area (Å²) in [5.74, 6) is -1.23. The van der Waals surface area contributed by atoms with E-state index in [-0.39, 0.29) is 28.8 Å². The Bertz CT molecular complexity index is 898. The van der Waals surface area contributed by atoms with Crippen molar-refractivity contribution in [3.63, 3.8) is 0 Å². The number of carbonyl (C=O) groups is 3. The van der Waals surface area contributed by atoms with Gasteiger partial charge in [-0.25, -0.2) is 9.78 Å². The number of anilines is 1. The Balaban J connectivity index is 1.79. The van der Waals surface area contributed by atoms with Crippen LogP contribution in [0.5, 0.6) is 0 Å². The van der Waals surface area contributed by atoms with Crippen molar-refractivity contribution in [2.45, 2.75) is 11.4 Å². The second-order valence-corrected chi connectivity index (χ2v) is 7.93. The zero-order valence-electron chi connectivity index (χ0n) is 15.8. The summed E-state index contributed by atoms with van der Waals surface area (Å²) >= 11 is 2.56. The predicted octanol–water partition coefficient (Wildman–Crippen LogP) is -0.451. The second-order valence-electron chi connectivity index (χ2n) is 5.93. The number of amides is 2. The highest BCUT2D eigenvalue weighted by Crippen LogP contribution is 2.40. The van der Waals surface area contributed by atoms with Gasteiger partial charge in [-0.2, -0.15) is 0 Å². The number of ether oxygens (including phenoxy) is 2. The van der Waals surface area contributed by atoms with Gasteiger partial charge in [0.25, 0.3) is 11.8 Å². The smallest absolute Gasteiger partial charge is 0.354 e. The molecule has 1 aromatic heterocycles. The molecule has 3 rings (SSSR count). The van der Waals surface area contributed by atoms with Crippen LogP contribution in [-0.2, 0) is 28.7 Å². The fourth-order valence-electron chi connectivity index (χ4n) is 2.96. The number of aromatic nitrogens is 1. The highest BCUT2D eigenvalue weighted by Gasteiger charge is 2.54. The van der Waals surface area contributed by atoms with Crippen LogP contribution in [0, 0.1) is 0 Å². The molecule has 2 atom stereocenters. The van der Waals surface area contributed by atoms with E-state index in [1.807, 2.05) is 0 Å². The molecule has 29 heavy (non-hydrogen) atoms. The maximum atomic E-state index is 12.7. The molecule has 11 nitrogen and oxygen atoms in total. The molecular formula is C16H19N5O6S2. The minimum absolute atomic E-state index is 0.101. The average molecular weight is 441 g/mol. The lowest BCUT2D eigenvalue weighted by Crippen LogP contribution is -2.71. The number of thioether (sulfide) groups is 1. The molecule has 1 aromatic rings. The maximum Gasteiger partial charge on any atom is 0.354 e. The van der Waals surface area contributed by atoms with Crippen molar-refractivity contribution in [1.82, 2.24) is 15.2 Å². The van der Waals surface area contributed by atoms with Crippen LogP contribution in [0.4, 0.5) is 5.13 Å². The molecule has 3 heterocycles. The number of nitrogen functional groups attached to an aromatic ring is 1. The minimum Gasteiger partial charge on any atom is -0.464 e. The highest BCUT2D eigenvalue weighted by molar-refractivity contribution is 8.00. The Labute approximate surface area is 174 Å². The molecule has 0 saturated carbocycles. The molecule has 0 aliphatic carbocycles. The standard InChI is InChI=1S/C16H19N5O6S2/c1-25-4-7-5-28-14-10(13(23)21(14)11(7)15(24)26-2)19-12(22)9(20-27-3)8-6-29-16(17)18-8/h6,10,14H,4-5H2,1-3H3,(H2,17,18)(H,19,22)/b20-9-/t10?,14-/m1/s1. The second kappa shape index (κ2) is 8.80. The van der Waals surface area contributed by atoms with E-state index in [4.69, 9.17) is 20.0 Å². The van der Waals surface area contributed by atoms with Gasteiger partial charge >= 0.3 is 5.97 Å². The Morgan fingerprint density at radius 3 is 2.76 bits per heavy atom. The number of hydrogen-bond donors (Lipinski definition) is 2. The monoisotopic (exact) mass is 441 g/mol. The number of hydrogen-bond acceptors (Lipinski definition) is 11. The van der Waals surface area contributed by atoms with E-state index in [1.165, 1.54) is 38.0 Å². The average Bonchev–Trinajstić information content (AvgIpc) is 3.15.